The monoisotopic (exact) mass is 376 g/mol. The molecule has 0 heterocycles. The van der Waals surface area contributed by atoms with Crippen LogP contribution in [0.1, 0.15) is 26.3 Å². The first-order valence-electron chi connectivity index (χ1n) is 8.58. The number of carbonyl (C=O) groups excluding carboxylic acids is 1. The summed E-state index contributed by atoms with van der Waals surface area (Å²) in [7, 11) is 1.59. The minimum atomic E-state index is -0.0513. The Morgan fingerprint density at radius 2 is 1.77 bits per heavy atom. The third-order valence-electron chi connectivity index (χ3n) is 3.79. The van der Waals surface area contributed by atoms with Gasteiger partial charge >= 0.3 is 0 Å². The number of hydrogen-bond donors (Lipinski definition) is 2. The van der Waals surface area contributed by atoms with Crippen LogP contribution in [0.3, 0.4) is 0 Å². The van der Waals surface area contributed by atoms with Gasteiger partial charge in [0, 0.05) is 34.9 Å². The fourth-order valence-corrected chi connectivity index (χ4v) is 2.52. The molecule has 2 rings (SSSR count). The van der Waals surface area contributed by atoms with E-state index in [0.717, 1.165) is 16.9 Å². The summed E-state index contributed by atoms with van der Waals surface area (Å²) in [5, 5.41) is 6.80. The van der Waals surface area contributed by atoms with Crippen molar-refractivity contribution in [3.05, 3.63) is 47.0 Å². The lowest BCUT2D eigenvalue weighted by atomic mass is 10.2. The normalized spacial score (nSPS) is 10.5. The Balaban J connectivity index is 2.04. The number of nitrogens with one attached hydrogen (secondary N) is 2. The Labute approximate surface area is 159 Å². The molecule has 0 unspecified atom stereocenters. The molecule has 0 atom stereocenters. The van der Waals surface area contributed by atoms with Crippen molar-refractivity contribution in [2.24, 2.45) is 5.92 Å². The van der Waals surface area contributed by atoms with Crippen LogP contribution in [-0.2, 0) is 11.3 Å². The van der Waals surface area contributed by atoms with Crippen LogP contribution in [0.25, 0.3) is 0 Å². The van der Waals surface area contributed by atoms with Crippen molar-refractivity contribution in [1.82, 2.24) is 0 Å². The minimum Gasteiger partial charge on any atom is -0.493 e. The summed E-state index contributed by atoms with van der Waals surface area (Å²) in [6.07, 6.45) is 0. The van der Waals surface area contributed by atoms with Gasteiger partial charge in [-0.2, -0.15) is 0 Å². The zero-order valence-electron chi connectivity index (χ0n) is 15.6. The lowest BCUT2D eigenvalue weighted by Gasteiger charge is -2.14. The van der Waals surface area contributed by atoms with Gasteiger partial charge in [0.2, 0.25) is 5.91 Å². The quantitative estimate of drug-likeness (QED) is 0.684. The number of halogens is 1. The van der Waals surface area contributed by atoms with Crippen molar-refractivity contribution in [3.63, 3.8) is 0 Å². The Morgan fingerprint density at radius 3 is 2.35 bits per heavy atom. The van der Waals surface area contributed by atoms with Crippen LogP contribution < -0.4 is 20.1 Å². The topological polar surface area (TPSA) is 59.6 Å². The molecule has 2 aromatic carbocycles. The van der Waals surface area contributed by atoms with Crippen molar-refractivity contribution in [2.45, 2.75) is 27.3 Å². The molecule has 0 aliphatic rings. The number of carbonyl (C=O) groups is 1. The maximum Gasteiger partial charge on any atom is 0.226 e. The second-order valence-corrected chi connectivity index (χ2v) is 6.51. The summed E-state index contributed by atoms with van der Waals surface area (Å²) in [4.78, 5) is 11.7. The molecule has 1 amide bonds. The van der Waals surface area contributed by atoms with E-state index in [2.05, 4.69) is 10.6 Å². The molecular weight excluding hydrogens is 352 g/mol. The maximum absolute atomic E-state index is 11.7. The lowest BCUT2D eigenvalue weighted by Crippen LogP contribution is -2.17. The highest BCUT2D eigenvalue weighted by molar-refractivity contribution is 6.31. The van der Waals surface area contributed by atoms with Gasteiger partial charge in [0.25, 0.3) is 0 Å². The van der Waals surface area contributed by atoms with Gasteiger partial charge in [-0.05, 0) is 42.8 Å². The Morgan fingerprint density at radius 1 is 1.12 bits per heavy atom. The van der Waals surface area contributed by atoms with E-state index in [0.29, 0.717) is 29.7 Å². The molecule has 26 heavy (non-hydrogen) atoms. The number of methoxy groups -OCH3 is 1. The van der Waals surface area contributed by atoms with E-state index in [1.165, 1.54) is 0 Å². The van der Waals surface area contributed by atoms with Crippen molar-refractivity contribution >= 4 is 28.9 Å². The molecule has 0 aliphatic carbocycles. The Hall–Kier alpha value is -2.40. The fraction of sp³-hybridized carbons (Fsp3) is 0.350. The summed E-state index contributed by atoms with van der Waals surface area (Å²) in [6, 6.07) is 11.2. The minimum absolute atomic E-state index is 0.000762. The fourth-order valence-electron chi connectivity index (χ4n) is 2.30. The van der Waals surface area contributed by atoms with Gasteiger partial charge < -0.3 is 20.1 Å². The average molecular weight is 377 g/mol. The number of anilines is 2. The lowest BCUT2D eigenvalue weighted by molar-refractivity contribution is -0.118. The molecule has 0 bridgehead atoms. The smallest absolute Gasteiger partial charge is 0.226 e. The van der Waals surface area contributed by atoms with Gasteiger partial charge in [-0.1, -0.05) is 25.4 Å². The number of benzene rings is 2. The molecule has 0 spiro atoms. The molecule has 5 nitrogen and oxygen atoms in total. The molecule has 0 fully saturated rings. The van der Waals surface area contributed by atoms with Gasteiger partial charge in [-0.25, -0.2) is 0 Å². The van der Waals surface area contributed by atoms with E-state index in [1.807, 2.05) is 51.1 Å². The second-order valence-electron chi connectivity index (χ2n) is 6.10. The summed E-state index contributed by atoms with van der Waals surface area (Å²) >= 11 is 6.34. The maximum atomic E-state index is 11.7. The van der Waals surface area contributed by atoms with Crippen molar-refractivity contribution in [3.8, 4) is 11.5 Å². The molecule has 2 aromatic rings. The first-order chi connectivity index (χ1) is 12.4. The number of ether oxygens (including phenoxy) is 2. The predicted molar refractivity (Wildman–Crippen MR) is 106 cm³/mol. The number of rotatable bonds is 8. The summed E-state index contributed by atoms with van der Waals surface area (Å²) in [6.45, 7) is 6.74. The van der Waals surface area contributed by atoms with Crippen LogP contribution in [-0.4, -0.2) is 19.6 Å². The standard InChI is InChI=1S/C20H25ClN2O3/c1-5-26-19-10-14(17(21)11-18(19)25-4)12-22-15-6-8-16(9-7-15)23-20(24)13(2)3/h6-11,13,22H,5,12H2,1-4H3,(H,23,24). The van der Waals surface area contributed by atoms with Crippen LogP contribution in [0.4, 0.5) is 11.4 Å². The Bertz CT molecular complexity index is 745. The van der Waals surface area contributed by atoms with Crippen molar-refractivity contribution in [2.75, 3.05) is 24.4 Å². The zero-order chi connectivity index (χ0) is 19.1. The van der Waals surface area contributed by atoms with Crippen molar-refractivity contribution < 1.29 is 14.3 Å². The SMILES string of the molecule is CCOc1cc(CNc2ccc(NC(=O)C(C)C)cc2)c(Cl)cc1OC. The summed E-state index contributed by atoms with van der Waals surface area (Å²) < 4.78 is 10.9. The van der Waals surface area contributed by atoms with Crippen LogP contribution in [0, 0.1) is 5.92 Å². The van der Waals surface area contributed by atoms with Crippen LogP contribution in [0.2, 0.25) is 5.02 Å². The van der Waals surface area contributed by atoms with E-state index >= 15 is 0 Å². The molecule has 140 valence electrons. The number of amides is 1. The van der Waals surface area contributed by atoms with E-state index < -0.39 is 0 Å². The van der Waals surface area contributed by atoms with E-state index in [9.17, 15) is 4.79 Å². The zero-order valence-corrected chi connectivity index (χ0v) is 16.3. The molecule has 0 saturated carbocycles. The molecule has 0 aromatic heterocycles. The highest BCUT2D eigenvalue weighted by atomic mass is 35.5. The van der Waals surface area contributed by atoms with Crippen LogP contribution in [0.5, 0.6) is 11.5 Å². The highest BCUT2D eigenvalue weighted by Crippen LogP contribution is 2.33. The third kappa shape index (κ3) is 5.30. The number of hydrogen-bond acceptors (Lipinski definition) is 4. The molecule has 2 N–H and O–H groups in total. The van der Waals surface area contributed by atoms with Crippen LogP contribution >= 0.6 is 11.6 Å². The molecule has 0 aliphatic heterocycles. The average Bonchev–Trinajstić information content (AvgIpc) is 2.63. The molecular formula is C20H25ClN2O3. The first kappa shape index (κ1) is 19.9. The second kappa shape index (κ2) is 9.34. The van der Waals surface area contributed by atoms with Gasteiger partial charge in [-0.3, -0.25) is 4.79 Å². The predicted octanol–water partition coefficient (Wildman–Crippen LogP) is 4.95. The largest absolute Gasteiger partial charge is 0.493 e. The van der Waals surface area contributed by atoms with Crippen LogP contribution in [0.15, 0.2) is 36.4 Å². The summed E-state index contributed by atoms with van der Waals surface area (Å²) in [5.41, 5.74) is 2.61. The Kier molecular flexibility index (Phi) is 7.16. The molecule has 6 heteroatoms. The van der Waals surface area contributed by atoms with Crippen molar-refractivity contribution in [1.29, 1.82) is 0 Å². The van der Waals surface area contributed by atoms with Gasteiger partial charge in [-0.15, -0.1) is 0 Å². The first-order valence-corrected chi connectivity index (χ1v) is 8.96. The molecule has 0 saturated heterocycles. The van der Waals surface area contributed by atoms with Gasteiger partial charge in [0.1, 0.15) is 0 Å². The van der Waals surface area contributed by atoms with E-state index in [4.69, 9.17) is 21.1 Å². The van der Waals surface area contributed by atoms with Gasteiger partial charge in [0.15, 0.2) is 11.5 Å². The van der Waals surface area contributed by atoms with E-state index in [-0.39, 0.29) is 11.8 Å². The summed E-state index contributed by atoms with van der Waals surface area (Å²) in [5.74, 6) is 1.23. The highest BCUT2D eigenvalue weighted by Gasteiger charge is 2.11. The molecule has 0 radical (unpaired) electrons. The van der Waals surface area contributed by atoms with E-state index in [1.54, 1.807) is 13.2 Å². The van der Waals surface area contributed by atoms with Gasteiger partial charge in [0.05, 0.1) is 13.7 Å². The third-order valence-corrected chi connectivity index (χ3v) is 4.14.